The van der Waals surface area contributed by atoms with Crippen LogP contribution in [-0.4, -0.2) is 15.7 Å². The van der Waals surface area contributed by atoms with Crippen molar-refractivity contribution >= 4 is 23.3 Å². The molecule has 0 saturated carbocycles. The van der Waals surface area contributed by atoms with Crippen LogP contribution in [-0.2, 0) is 13.2 Å². The highest BCUT2D eigenvalue weighted by molar-refractivity contribution is 6.30. The van der Waals surface area contributed by atoms with Gasteiger partial charge in [0.1, 0.15) is 12.4 Å². The van der Waals surface area contributed by atoms with Crippen molar-refractivity contribution in [2.24, 2.45) is 0 Å². The van der Waals surface area contributed by atoms with E-state index < -0.39 is 0 Å². The molecule has 1 heterocycles. The summed E-state index contributed by atoms with van der Waals surface area (Å²) in [6.45, 7) is 7.01. The van der Waals surface area contributed by atoms with Gasteiger partial charge in [0.05, 0.1) is 6.54 Å². The molecule has 1 aromatic heterocycles. The van der Waals surface area contributed by atoms with Crippen LogP contribution in [0, 0.1) is 20.8 Å². The summed E-state index contributed by atoms with van der Waals surface area (Å²) in [6.07, 6.45) is 0. The van der Waals surface area contributed by atoms with Crippen LogP contribution in [0.15, 0.2) is 72.8 Å². The van der Waals surface area contributed by atoms with E-state index in [0.29, 0.717) is 29.6 Å². The second-order valence-electron chi connectivity index (χ2n) is 8.17. The number of anilines is 1. The molecule has 0 aliphatic rings. The Morgan fingerprint density at radius 1 is 0.970 bits per heavy atom. The van der Waals surface area contributed by atoms with Gasteiger partial charge in [0.15, 0.2) is 5.82 Å². The number of hydrogen-bond donors (Lipinski definition) is 1. The predicted molar refractivity (Wildman–Crippen MR) is 132 cm³/mol. The molecule has 6 heteroatoms. The number of aromatic nitrogens is 2. The number of halogens is 1. The second-order valence-corrected chi connectivity index (χ2v) is 8.60. The van der Waals surface area contributed by atoms with Crippen LogP contribution >= 0.6 is 11.6 Å². The monoisotopic (exact) mass is 459 g/mol. The molecule has 0 fully saturated rings. The number of amides is 1. The number of ether oxygens (including phenoxy) is 1. The average Bonchev–Trinajstić information content (AvgIpc) is 3.14. The van der Waals surface area contributed by atoms with E-state index >= 15 is 0 Å². The van der Waals surface area contributed by atoms with Crippen LogP contribution in [0.25, 0.3) is 0 Å². The van der Waals surface area contributed by atoms with Crippen LogP contribution in [0.2, 0.25) is 5.02 Å². The molecule has 1 N–H and O–H groups in total. The van der Waals surface area contributed by atoms with Crippen LogP contribution in [0.5, 0.6) is 5.75 Å². The smallest absolute Gasteiger partial charge is 0.256 e. The quantitative estimate of drug-likeness (QED) is 0.350. The zero-order valence-electron chi connectivity index (χ0n) is 18.9. The summed E-state index contributed by atoms with van der Waals surface area (Å²) >= 11 is 5.96. The van der Waals surface area contributed by atoms with E-state index in [1.165, 1.54) is 0 Å². The summed E-state index contributed by atoms with van der Waals surface area (Å²) in [7, 11) is 0. The maximum absolute atomic E-state index is 12.8. The van der Waals surface area contributed by atoms with Gasteiger partial charge in [-0.05, 0) is 73.4 Å². The van der Waals surface area contributed by atoms with Crippen LogP contribution in [0.1, 0.15) is 38.3 Å². The summed E-state index contributed by atoms with van der Waals surface area (Å²) in [4.78, 5) is 12.8. The molecule has 0 saturated heterocycles. The first kappa shape index (κ1) is 22.6. The van der Waals surface area contributed by atoms with Gasteiger partial charge in [0.2, 0.25) is 0 Å². The minimum atomic E-state index is -0.209. The Balaban J connectivity index is 1.41. The van der Waals surface area contributed by atoms with Crippen LogP contribution in [0.4, 0.5) is 5.82 Å². The molecule has 3 aromatic carbocycles. The SMILES string of the molecule is Cc1ccc(C)c(OCc2cccc(C(=O)Nc3cc(C)n(Cc4ccc(Cl)cc4)n3)c2)c1. The molecule has 33 heavy (non-hydrogen) atoms. The second kappa shape index (κ2) is 9.92. The molecule has 168 valence electrons. The van der Waals surface area contributed by atoms with Crippen molar-refractivity contribution in [3.63, 3.8) is 0 Å². The molecule has 0 aliphatic carbocycles. The van der Waals surface area contributed by atoms with E-state index in [4.69, 9.17) is 16.3 Å². The van der Waals surface area contributed by atoms with Crippen molar-refractivity contribution in [3.8, 4) is 5.75 Å². The molecule has 0 unspecified atom stereocenters. The maximum atomic E-state index is 12.8. The van der Waals surface area contributed by atoms with Crippen LogP contribution in [0.3, 0.4) is 0 Å². The fraction of sp³-hybridized carbons (Fsp3) is 0.185. The van der Waals surface area contributed by atoms with E-state index in [1.54, 1.807) is 6.07 Å². The normalized spacial score (nSPS) is 10.8. The predicted octanol–water partition coefficient (Wildman–Crippen LogP) is 6.34. The highest BCUT2D eigenvalue weighted by Gasteiger charge is 2.11. The van der Waals surface area contributed by atoms with E-state index in [9.17, 15) is 4.79 Å². The maximum Gasteiger partial charge on any atom is 0.256 e. The first-order valence-electron chi connectivity index (χ1n) is 10.8. The van der Waals surface area contributed by atoms with Crippen molar-refractivity contribution in [2.45, 2.75) is 33.9 Å². The molecule has 0 atom stereocenters. The van der Waals surface area contributed by atoms with Gasteiger partial charge in [-0.2, -0.15) is 5.10 Å². The number of aryl methyl sites for hydroxylation is 3. The van der Waals surface area contributed by atoms with Gasteiger partial charge in [-0.3, -0.25) is 9.48 Å². The topological polar surface area (TPSA) is 56.1 Å². The van der Waals surface area contributed by atoms with E-state index in [0.717, 1.165) is 33.7 Å². The number of carbonyl (C=O) groups excluding carboxylic acids is 1. The lowest BCUT2D eigenvalue weighted by molar-refractivity contribution is 0.102. The highest BCUT2D eigenvalue weighted by atomic mass is 35.5. The minimum Gasteiger partial charge on any atom is -0.489 e. The lowest BCUT2D eigenvalue weighted by atomic mass is 10.1. The fourth-order valence-electron chi connectivity index (χ4n) is 3.51. The number of rotatable bonds is 7. The Morgan fingerprint density at radius 3 is 2.55 bits per heavy atom. The molecular formula is C27H26ClN3O2. The molecule has 4 aromatic rings. The minimum absolute atomic E-state index is 0.209. The zero-order chi connectivity index (χ0) is 23.4. The summed E-state index contributed by atoms with van der Waals surface area (Å²) in [5.41, 5.74) is 5.75. The van der Waals surface area contributed by atoms with Gasteiger partial charge in [-0.1, -0.05) is 48.0 Å². The largest absolute Gasteiger partial charge is 0.489 e. The van der Waals surface area contributed by atoms with E-state index in [2.05, 4.69) is 16.5 Å². The highest BCUT2D eigenvalue weighted by Crippen LogP contribution is 2.21. The standard InChI is InChI=1S/C27H26ClN3O2/c1-18-7-8-19(2)25(13-18)33-17-22-5-4-6-23(15-22)27(32)29-26-14-20(3)31(30-26)16-21-9-11-24(28)12-10-21/h4-15H,16-17H2,1-3H3,(H,29,30,32). The van der Waals surface area contributed by atoms with Crippen molar-refractivity contribution in [3.05, 3.63) is 111 Å². The van der Waals surface area contributed by atoms with Crippen molar-refractivity contribution in [2.75, 3.05) is 5.32 Å². The Labute approximate surface area is 199 Å². The number of nitrogens with zero attached hydrogens (tertiary/aromatic N) is 2. The Kier molecular flexibility index (Phi) is 6.80. The number of hydrogen-bond acceptors (Lipinski definition) is 3. The van der Waals surface area contributed by atoms with Crippen LogP contribution < -0.4 is 10.1 Å². The van der Waals surface area contributed by atoms with Crippen molar-refractivity contribution in [1.82, 2.24) is 9.78 Å². The van der Waals surface area contributed by atoms with Gasteiger partial charge in [-0.15, -0.1) is 0 Å². The third-order valence-corrected chi connectivity index (χ3v) is 5.65. The van der Waals surface area contributed by atoms with Crippen molar-refractivity contribution in [1.29, 1.82) is 0 Å². The summed E-state index contributed by atoms with van der Waals surface area (Å²) in [5, 5.41) is 8.14. The van der Waals surface area contributed by atoms with Gasteiger partial charge >= 0.3 is 0 Å². The molecule has 5 nitrogen and oxygen atoms in total. The van der Waals surface area contributed by atoms with Crippen molar-refractivity contribution < 1.29 is 9.53 Å². The zero-order valence-corrected chi connectivity index (χ0v) is 19.7. The van der Waals surface area contributed by atoms with E-state index in [-0.39, 0.29) is 5.91 Å². The molecule has 0 radical (unpaired) electrons. The first-order chi connectivity index (χ1) is 15.9. The first-order valence-corrected chi connectivity index (χ1v) is 11.1. The van der Waals surface area contributed by atoms with E-state index in [1.807, 2.05) is 86.1 Å². The Bertz CT molecular complexity index is 1280. The number of carbonyl (C=O) groups is 1. The molecule has 0 spiro atoms. The lowest BCUT2D eigenvalue weighted by Gasteiger charge is -2.11. The fourth-order valence-corrected chi connectivity index (χ4v) is 3.63. The van der Waals surface area contributed by atoms with Gasteiger partial charge in [-0.25, -0.2) is 0 Å². The third kappa shape index (κ3) is 5.82. The summed E-state index contributed by atoms with van der Waals surface area (Å²) in [5.74, 6) is 1.16. The molecule has 4 rings (SSSR count). The average molecular weight is 460 g/mol. The third-order valence-electron chi connectivity index (χ3n) is 5.40. The molecule has 0 aliphatic heterocycles. The molecule has 1 amide bonds. The number of nitrogens with one attached hydrogen (secondary N) is 1. The van der Waals surface area contributed by atoms with Gasteiger partial charge in [0, 0.05) is 22.3 Å². The van der Waals surface area contributed by atoms with Gasteiger partial charge in [0.25, 0.3) is 5.91 Å². The summed E-state index contributed by atoms with van der Waals surface area (Å²) < 4.78 is 7.84. The summed E-state index contributed by atoms with van der Waals surface area (Å²) in [6, 6.07) is 23.1. The Morgan fingerprint density at radius 2 is 1.76 bits per heavy atom. The Hall–Kier alpha value is -3.57. The lowest BCUT2D eigenvalue weighted by Crippen LogP contribution is -2.13. The van der Waals surface area contributed by atoms with Gasteiger partial charge < -0.3 is 10.1 Å². The molecule has 0 bridgehead atoms. The number of benzene rings is 3. The molecular weight excluding hydrogens is 434 g/mol.